The fraction of sp³-hybridized carbons (Fsp3) is 0.286. The summed E-state index contributed by atoms with van der Waals surface area (Å²) in [6.45, 7) is 0.419. The van der Waals surface area contributed by atoms with E-state index in [1.54, 1.807) is 0 Å². The Bertz CT molecular complexity index is 272. The molecule has 1 amide bonds. The largest absolute Gasteiger partial charge is 0.453 e. The van der Waals surface area contributed by atoms with Crippen molar-refractivity contribution in [3.63, 3.8) is 0 Å². The van der Waals surface area contributed by atoms with Crippen LogP contribution >= 0.6 is 11.3 Å². The van der Waals surface area contributed by atoms with E-state index in [-0.39, 0.29) is 0 Å². The minimum atomic E-state index is -0.466. The van der Waals surface area contributed by atoms with Crippen molar-refractivity contribution in [3.05, 3.63) is 17.0 Å². The number of anilines is 1. The first kappa shape index (κ1) is 9.02. The van der Waals surface area contributed by atoms with E-state index in [4.69, 9.17) is 5.73 Å². The lowest BCUT2D eigenvalue weighted by Crippen LogP contribution is -2.11. The van der Waals surface area contributed by atoms with Crippen molar-refractivity contribution in [1.29, 1.82) is 0 Å². The lowest BCUT2D eigenvalue weighted by molar-refractivity contribution is 0.187. The van der Waals surface area contributed by atoms with Crippen LogP contribution in [0, 0.1) is 0 Å². The van der Waals surface area contributed by atoms with E-state index in [1.165, 1.54) is 18.4 Å². The zero-order chi connectivity index (χ0) is 8.97. The van der Waals surface area contributed by atoms with E-state index in [1.807, 2.05) is 11.4 Å². The third-order valence-electron chi connectivity index (χ3n) is 1.37. The van der Waals surface area contributed by atoms with Gasteiger partial charge < -0.3 is 10.5 Å². The number of carbonyl (C=O) groups is 1. The van der Waals surface area contributed by atoms with Crippen LogP contribution < -0.4 is 11.1 Å². The Morgan fingerprint density at radius 3 is 3.17 bits per heavy atom. The fourth-order valence-electron chi connectivity index (χ4n) is 0.750. The number of nitrogens with one attached hydrogen (secondary N) is 1. The molecule has 3 N–H and O–H groups in total. The zero-order valence-corrected chi connectivity index (χ0v) is 7.48. The van der Waals surface area contributed by atoms with E-state index in [0.29, 0.717) is 6.54 Å². The second kappa shape index (κ2) is 4.08. The van der Waals surface area contributed by atoms with Crippen LogP contribution in [0.3, 0.4) is 0 Å². The van der Waals surface area contributed by atoms with Gasteiger partial charge in [0.25, 0.3) is 0 Å². The number of nitrogens with two attached hydrogens (primary N) is 1. The van der Waals surface area contributed by atoms with Crippen LogP contribution in [0.25, 0.3) is 0 Å². The zero-order valence-electron chi connectivity index (χ0n) is 6.66. The topological polar surface area (TPSA) is 64.3 Å². The summed E-state index contributed by atoms with van der Waals surface area (Å²) in [6.07, 6.45) is -0.466. The molecule has 0 saturated carbocycles. The number of rotatable bonds is 2. The van der Waals surface area contributed by atoms with Crippen LogP contribution in [0.1, 0.15) is 5.56 Å². The second-order valence-corrected chi connectivity index (χ2v) is 3.01. The summed E-state index contributed by atoms with van der Waals surface area (Å²) < 4.78 is 4.44. The predicted octanol–water partition coefficient (Wildman–Crippen LogP) is 1.39. The Morgan fingerprint density at radius 1 is 1.83 bits per heavy atom. The molecule has 12 heavy (non-hydrogen) atoms. The highest BCUT2D eigenvalue weighted by Crippen LogP contribution is 2.22. The van der Waals surface area contributed by atoms with Crippen molar-refractivity contribution in [2.45, 2.75) is 6.54 Å². The first-order valence-electron chi connectivity index (χ1n) is 3.39. The first-order chi connectivity index (χ1) is 5.77. The van der Waals surface area contributed by atoms with Crippen LogP contribution in [-0.4, -0.2) is 13.2 Å². The Hall–Kier alpha value is -1.07. The maximum Gasteiger partial charge on any atom is 0.411 e. The van der Waals surface area contributed by atoms with E-state index < -0.39 is 6.09 Å². The number of hydrogen-bond acceptors (Lipinski definition) is 4. The summed E-state index contributed by atoms with van der Waals surface area (Å²) in [5.74, 6) is 0. The van der Waals surface area contributed by atoms with Gasteiger partial charge in [-0.15, -0.1) is 11.3 Å². The average Bonchev–Trinajstić information content (AvgIpc) is 2.51. The summed E-state index contributed by atoms with van der Waals surface area (Å²) in [5, 5.41) is 5.19. The van der Waals surface area contributed by atoms with Crippen LogP contribution in [0.4, 0.5) is 9.80 Å². The molecule has 0 aliphatic carbocycles. The van der Waals surface area contributed by atoms with Gasteiger partial charge in [-0.3, -0.25) is 5.32 Å². The quantitative estimate of drug-likeness (QED) is 0.733. The van der Waals surface area contributed by atoms with Crippen molar-refractivity contribution in [1.82, 2.24) is 0 Å². The average molecular weight is 186 g/mol. The van der Waals surface area contributed by atoms with Crippen LogP contribution in [0.2, 0.25) is 0 Å². The fourth-order valence-corrected chi connectivity index (χ4v) is 1.56. The molecule has 1 aromatic rings. The molecule has 1 heterocycles. The second-order valence-electron chi connectivity index (χ2n) is 2.10. The Labute approximate surface area is 74.3 Å². The first-order valence-corrected chi connectivity index (χ1v) is 4.27. The number of hydrogen-bond donors (Lipinski definition) is 2. The molecule has 0 radical (unpaired) electrons. The standard InChI is InChI=1S/C7H10N2O2S/c1-11-7(10)9-6-5(4-8)2-3-12-6/h2-3H,4,8H2,1H3,(H,9,10). The van der Waals surface area contributed by atoms with Gasteiger partial charge >= 0.3 is 6.09 Å². The van der Waals surface area contributed by atoms with Gasteiger partial charge in [0.1, 0.15) is 5.00 Å². The number of ether oxygens (including phenoxy) is 1. The molecule has 0 aliphatic rings. The Morgan fingerprint density at radius 2 is 2.58 bits per heavy atom. The highest BCUT2D eigenvalue weighted by Gasteiger charge is 2.05. The summed E-state index contributed by atoms with van der Waals surface area (Å²) >= 11 is 1.43. The Balaban J connectivity index is 2.68. The summed E-state index contributed by atoms with van der Waals surface area (Å²) in [7, 11) is 1.32. The SMILES string of the molecule is COC(=O)Nc1sccc1CN. The molecule has 0 unspecified atom stereocenters. The molecule has 1 aromatic heterocycles. The van der Waals surface area contributed by atoms with Crippen LogP contribution in [-0.2, 0) is 11.3 Å². The normalized spacial score (nSPS) is 9.50. The highest BCUT2D eigenvalue weighted by molar-refractivity contribution is 7.14. The molecule has 5 heteroatoms. The molecule has 0 spiro atoms. The molecular weight excluding hydrogens is 176 g/mol. The van der Waals surface area contributed by atoms with Gasteiger partial charge in [-0.1, -0.05) is 0 Å². The number of methoxy groups -OCH3 is 1. The van der Waals surface area contributed by atoms with Crippen molar-refractivity contribution in [3.8, 4) is 0 Å². The minimum Gasteiger partial charge on any atom is -0.453 e. The van der Waals surface area contributed by atoms with Crippen molar-refractivity contribution in [2.24, 2.45) is 5.73 Å². The lowest BCUT2D eigenvalue weighted by Gasteiger charge is -2.02. The number of amides is 1. The molecule has 1 rings (SSSR count). The summed E-state index contributed by atoms with van der Waals surface area (Å²) in [5.41, 5.74) is 6.35. The van der Waals surface area contributed by atoms with Crippen LogP contribution in [0.15, 0.2) is 11.4 Å². The van der Waals surface area contributed by atoms with Crippen molar-refractivity contribution < 1.29 is 9.53 Å². The van der Waals surface area contributed by atoms with Gasteiger partial charge in [0, 0.05) is 12.1 Å². The maximum atomic E-state index is 10.8. The lowest BCUT2D eigenvalue weighted by atomic mass is 10.3. The molecule has 66 valence electrons. The molecule has 0 fully saturated rings. The number of thiophene rings is 1. The monoisotopic (exact) mass is 186 g/mol. The molecule has 4 nitrogen and oxygen atoms in total. The molecular formula is C7H10N2O2S. The van der Waals surface area contributed by atoms with Crippen molar-refractivity contribution >= 4 is 22.4 Å². The van der Waals surface area contributed by atoms with E-state index in [2.05, 4.69) is 10.1 Å². The van der Waals surface area contributed by atoms with E-state index in [0.717, 1.165) is 10.6 Å². The summed E-state index contributed by atoms with van der Waals surface area (Å²) in [6, 6.07) is 1.87. The molecule has 0 bridgehead atoms. The van der Waals surface area contributed by atoms with Gasteiger partial charge in [-0.2, -0.15) is 0 Å². The third-order valence-corrected chi connectivity index (χ3v) is 2.24. The maximum absolute atomic E-state index is 10.8. The van der Waals surface area contributed by atoms with Gasteiger partial charge in [-0.25, -0.2) is 4.79 Å². The third kappa shape index (κ3) is 1.96. The van der Waals surface area contributed by atoms with Gasteiger partial charge in [0.15, 0.2) is 0 Å². The number of carbonyl (C=O) groups excluding carboxylic acids is 1. The molecule has 0 aliphatic heterocycles. The molecule has 0 atom stereocenters. The van der Waals surface area contributed by atoms with E-state index in [9.17, 15) is 4.79 Å². The predicted molar refractivity (Wildman–Crippen MR) is 48.2 cm³/mol. The molecule has 0 saturated heterocycles. The minimum absolute atomic E-state index is 0.419. The van der Waals surface area contributed by atoms with Gasteiger partial charge in [0.05, 0.1) is 7.11 Å². The van der Waals surface area contributed by atoms with Crippen LogP contribution in [0.5, 0.6) is 0 Å². The Kier molecular flexibility index (Phi) is 3.07. The van der Waals surface area contributed by atoms with Gasteiger partial charge in [0.2, 0.25) is 0 Å². The van der Waals surface area contributed by atoms with Crippen molar-refractivity contribution in [2.75, 3.05) is 12.4 Å². The van der Waals surface area contributed by atoms with E-state index >= 15 is 0 Å². The smallest absolute Gasteiger partial charge is 0.411 e. The highest BCUT2D eigenvalue weighted by atomic mass is 32.1. The summed E-state index contributed by atoms with van der Waals surface area (Å²) in [4.78, 5) is 10.8. The van der Waals surface area contributed by atoms with Gasteiger partial charge in [-0.05, 0) is 11.4 Å². The molecule has 0 aromatic carbocycles.